The van der Waals surface area contributed by atoms with E-state index in [2.05, 4.69) is 34.5 Å². The Kier molecular flexibility index (Phi) is 6.25. The zero-order valence-corrected chi connectivity index (χ0v) is 16.8. The van der Waals surface area contributed by atoms with Gasteiger partial charge >= 0.3 is 0 Å². The molecule has 5 nitrogen and oxygen atoms in total. The van der Waals surface area contributed by atoms with Crippen LogP contribution in [0.3, 0.4) is 0 Å². The monoisotopic (exact) mass is 391 g/mol. The molecule has 29 heavy (non-hydrogen) atoms. The minimum Gasteiger partial charge on any atom is -0.354 e. The maximum Gasteiger partial charge on any atom is 0.226 e. The Morgan fingerprint density at radius 1 is 0.931 bits per heavy atom. The summed E-state index contributed by atoms with van der Waals surface area (Å²) in [6.45, 7) is 3.92. The SMILES string of the molecule is O=C1CC(c2ccccc2)N(C(=O)C2CCN(Cc3ccccc3)CC2)CCN1. The number of amides is 2. The van der Waals surface area contributed by atoms with Crippen molar-refractivity contribution in [3.05, 3.63) is 71.8 Å². The molecule has 4 rings (SSSR count). The van der Waals surface area contributed by atoms with E-state index in [1.165, 1.54) is 5.56 Å². The first-order chi connectivity index (χ1) is 14.2. The topological polar surface area (TPSA) is 52.7 Å². The van der Waals surface area contributed by atoms with Gasteiger partial charge in [0.05, 0.1) is 12.5 Å². The first-order valence-corrected chi connectivity index (χ1v) is 10.6. The number of benzene rings is 2. The van der Waals surface area contributed by atoms with Gasteiger partial charge in [-0.2, -0.15) is 0 Å². The van der Waals surface area contributed by atoms with Gasteiger partial charge in [-0.15, -0.1) is 0 Å². The lowest BCUT2D eigenvalue weighted by Gasteiger charge is -2.36. The number of nitrogens with zero attached hydrogens (tertiary/aromatic N) is 2. The molecule has 2 aromatic carbocycles. The third kappa shape index (κ3) is 4.85. The fraction of sp³-hybridized carbons (Fsp3) is 0.417. The van der Waals surface area contributed by atoms with Crippen LogP contribution in [0.15, 0.2) is 60.7 Å². The lowest BCUT2D eigenvalue weighted by Crippen LogP contribution is -2.44. The van der Waals surface area contributed by atoms with Crippen molar-refractivity contribution in [1.29, 1.82) is 0 Å². The largest absolute Gasteiger partial charge is 0.354 e. The summed E-state index contributed by atoms with van der Waals surface area (Å²) in [6, 6.07) is 20.3. The molecule has 0 saturated carbocycles. The van der Waals surface area contributed by atoms with Gasteiger partial charge in [0.1, 0.15) is 0 Å². The zero-order chi connectivity index (χ0) is 20.1. The third-order valence-corrected chi connectivity index (χ3v) is 6.08. The minimum atomic E-state index is -0.173. The number of piperidine rings is 1. The number of carbonyl (C=O) groups excluding carboxylic acids is 2. The van der Waals surface area contributed by atoms with E-state index >= 15 is 0 Å². The Bertz CT molecular complexity index is 817. The average Bonchev–Trinajstić information content (AvgIpc) is 2.97. The van der Waals surface area contributed by atoms with E-state index in [0.29, 0.717) is 19.5 Å². The maximum absolute atomic E-state index is 13.4. The Hall–Kier alpha value is -2.66. The van der Waals surface area contributed by atoms with Gasteiger partial charge in [0.2, 0.25) is 11.8 Å². The number of rotatable bonds is 4. The highest BCUT2D eigenvalue weighted by atomic mass is 16.2. The number of nitrogens with one attached hydrogen (secondary N) is 1. The molecule has 0 aromatic heterocycles. The fourth-order valence-electron chi connectivity index (χ4n) is 4.48. The molecule has 2 aliphatic heterocycles. The molecule has 2 heterocycles. The third-order valence-electron chi connectivity index (χ3n) is 6.08. The molecular formula is C24H29N3O2. The number of hydrogen-bond acceptors (Lipinski definition) is 3. The van der Waals surface area contributed by atoms with Crippen molar-refractivity contribution in [2.24, 2.45) is 5.92 Å². The highest BCUT2D eigenvalue weighted by molar-refractivity contribution is 5.82. The normalized spacial score (nSPS) is 21.4. The van der Waals surface area contributed by atoms with Crippen LogP contribution in [0, 0.1) is 5.92 Å². The predicted molar refractivity (Wildman–Crippen MR) is 113 cm³/mol. The Morgan fingerprint density at radius 2 is 1.59 bits per heavy atom. The molecular weight excluding hydrogens is 362 g/mol. The van der Waals surface area contributed by atoms with Gasteiger partial charge in [0, 0.05) is 25.6 Å². The van der Waals surface area contributed by atoms with Crippen molar-refractivity contribution in [1.82, 2.24) is 15.1 Å². The van der Waals surface area contributed by atoms with Gasteiger partial charge < -0.3 is 10.2 Å². The van der Waals surface area contributed by atoms with E-state index in [-0.39, 0.29) is 23.8 Å². The first-order valence-electron chi connectivity index (χ1n) is 10.6. The van der Waals surface area contributed by atoms with E-state index in [1.807, 2.05) is 41.3 Å². The molecule has 2 saturated heterocycles. The van der Waals surface area contributed by atoms with Crippen LogP contribution >= 0.6 is 0 Å². The number of carbonyl (C=O) groups is 2. The Balaban J connectivity index is 1.41. The van der Waals surface area contributed by atoms with Crippen LogP contribution in [0.1, 0.15) is 36.4 Å². The van der Waals surface area contributed by atoms with Gasteiger partial charge in [0.15, 0.2) is 0 Å². The standard InChI is InChI=1S/C24H29N3O2/c28-23-17-22(20-9-5-2-6-10-20)27(16-13-25-23)24(29)21-11-14-26(15-12-21)18-19-7-3-1-4-8-19/h1-10,21-22H,11-18H2,(H,25,28). The predicted octanol–water partition coefficient (Wildman–Crippen LogP) is 2.99. The molecule has 0 spiro atoms. The van der Waals surface area contributed by atoms with Crippen molar-refractivity contribution in [3.63, 3.8) is 0 Å². The van der Waals surface area contributed by atoms with Gasteiger partial charge in [-0.3, -0.25) is 14.5 Å². The second-order valence-electron chi connectivity index (χ2n) is 8.05. The summed E-state index contributed by atoms with van der Waals surface area (Å²) in [5, 5.41) is 2.93. The molecule has 152 valence electrons. The van der Waals surface area contributed by atoms with Crippen LogP contribution in [0.5, 0.6) is 0 Å². The summed E-state index contributed by atoms with van der Waals surface area (Å²) in [5.41, 5.74) is 2.36. The zero-order valence-electron chi connectivity index (χ0n) is 16.8. The van der Waals surface area contributed by atoms with Gasteiger partial charge in [0.25, 0.3) is 0 Å². The van der Waals surface area contributed by atoms with Crippen molar-refractivity contribution in [2.75, 3.05) is 26.2 Å². The van der Waals surface area contributed by atoms with Crippen LogP contribution in [-0.2, 0) is 16.1 Å². The summed E-state index contributed by atoms with van der Waals surface area (Å²) in [5.74, 6) is 0.267. The molecule has 2 amide bonds. The van der Waals surface area contributed by atoms with E-state index < -0.39 is 0 Å². The summed E-state index contributed by atoms with van der Waals surface area (Å²) in [4.78, 5) is 30.0. The first kappa shape index (κ1) is 19.6. The van der Waals surface area contributed by atoms with Crippen molar-refractivity contribution in [2.45, 2.75) is 31.8 Å². The molecule has 0 radical (unpaired) electrons. The second-order valence-corrected chi connectivity index (χ2v) is 8.05. The molecule has 2 aliphatic rings. The van der Waals surface area contributed by atoms with Gasteiger partial charge in [-0.25, -0.2) is 0 Å². The molecule has 1 unspecified atom stereocenters. The number of likely N-dealkylation sites (tertiary alicyclic amines) is 1. The van der Waals surface area contributed by atoms with Gasteiger partial charge in [-0.1, -0.05) is 60.7 Å². The van der Waals surface area contributed by atoms with Crippen LogP contribution in [0.2, 0.25) is 0 Å². The van der Waals surface area contributed by atoms with Crippen LogP contribution in [-0.4, -0.2) is 47.8 Å². The highest BCUT2D eigenvalue weighted by Crippen LogP contribution is 2.30. The highest BCUT2D eigenvalue weighted by Gasteiger charge is 2.34. The van der Waals surface area contributed by atoms with Crippen molar-refractivity contribution < 1.29 is 9.59 Å². The van der Waals surface area contributed by atoms with E-state index in [1.54, 1.807) is 0 Å². The van der Waals surface area contributed by atoms with E-state index in [0.717, 1.165) is 38.0 Å². The van der Waals surface area contributed by atoms with E-state index in [4.69, 9.17) is 0 Å². The Morgan fingerprint density at radius 3 is 2.28 bits per heavy atom. The van der Waals surface area contributed by atoms with Crippen molar-refractivity contribution in [3.8, 4) is 0 Å². The molecule has 1 atom stereocenters. The quantitative estimate of drug-likeness (QED) is 0.872. The van der Waals surface area contributed by atoms with E-state index in [9.17, 15) is 9.59 Å². The second kappa shape index (κ2) is 9.23. The van der Waals surface area contributed by atoms with Crippen molar-refractivity contribution >= 4 is 11.8 Å². The van der Waals surface area contributed by atoms with Gasteiger partial charge in [-0.05, 0) is 37.1 Å². The molecule has 2 fully saturated rings. The van der Waals surface area contributed by atoms with Crippen LogP contribution in [0.4, 0.5) is 0 Å². The molecule has 0 aliphatic carbocycles. The molecule has 2 aromatic rings. The summed E-state index contributed by atoms with van der Waals surface area (Å²) < 4.78 is 0. The molecule has 5 heteroatoms. The Labute approximate surface area is 172 Å². The lowest BCUT2D eigenvalue weighted by molar-refractivity contribution is -0.139. The number of hydrogen-bond donors (Lipinski definition) is 1. The molecule has 1 N–H and O–H groups in total. The maximum atomic E-state index is 13.4. The summed E-state index contributed by atoms with van der Waals surface area (Å²) in [7, 11) is 0. The minimum absolute atomic E-state index is 0.0202. The summed E-state index contributed by atoms with van der Waals surface area (Å²) in [6.07, 6.45) is 2.10. The average molecular weight is 392 g/mol. The molecule has 0 bridgehead atoms. The van der Waals surface area contributed by atoms with Crippen LogP contribution < -0.4 is 5.32 Å². The fourth-order valence-corrected chi connectivity index (χ4v) is 4.48. The smallest absolute Gasteiger partial charge is 0.226 e. The summed E-state index contributed by atoms with van der Waals surface area (Å²) >= 11 is 0. The van der Waals surface area contributed by atoms with Crippen LogP contribution in [0.25, 0.3) is 0 Å². The lowest BCUT2D eigenvalue weighted by atomic mass is 9.93.